The molecule has 0 radical (unpaired) electrons. The second kappa shape index (κ2) is 6.14. The summed E-state index contributed by atoms with van der Waals surface area (Å²) in [5.41, 5.74) is 3.17. The van der Waals surface area contributed by atoms with Gasteiger partial charge in [-0.2, -0.15) is 5.10 Å². The van der Waals surface area contributed by atoms with Gasteiger partial charge in [0.2, 0.25) is 0 Å². The maximum Gasteiger partial charge on any atom is 0.0860 e. The van der Waals surface area contributed by atoms with Crippen molar-refractivity contribution in [2.45, 2.75) is 44.8 Å². The molecule has 126 valence electrons. The van der Waals surface area contributed by atoms with Crippen LogP contribution in [0.1, 0.15) is 43.9 Å². The van der Waals surface area contributed by atoms with Gasteiger partial charge in [-0.15, -0.1) is 16.4 Å². The van der Waals surface area contributed by atoms with Gasteiger partial charge in [0.05, 0.1) is 34.6 Å². The first kappa shape index (κ1) is 15.5. The number of hydrogen-bond acceptors (Lipinski definition) is 5. The highest BCUT2D eigenvalue weighted by atomic mass is 32.1. The van der Waals surface area contributed by atoms with Crippen molar-refractivity contribution in [2.24, 2.45) is 0 Å². The normalized spacial score (nSPS) is 20.3. The summed E-state index contributed by atoms with van der Waals surface area (Å²) in [6, 6.07) is 4.14. The molecule has 0 aliphatic carbocycles. The van der Waals surface area contributed by atoms with Crippen LogP contribution in [0.25, 0.3) is 10.6 Å². The molecule has 1 atom stereocenters. The molecule has 7 heteroatoms. The summed E-state index contributed by atoms with van der Waals surface area (Å²) in [5.74, 6) is 0.420. The number of hydrogen-bond donors (Lipinski definition) is 1. The molecule has 0 saturated carbocycles. The molecule has 0 unspecified atom stereocenters. The van der Waals surface area contributed by atoms with Crippen LogP contribution in [0.2, 0.25) is 0 Å². The highest BCUT2D eigenvalue weighted by molar-refractivity contribution is 7.13. The first-order valence-electron chi connectivity index (χ1n) is 8.21. The van der Waals surface area contributed by atoms with Gasteiger partial charge in [0, 0.05) is 24.3 Å². The zero-order valence-corrected chi connectivity index (χ0v) is 14.7. The molecule has 3 aromatic heterocycles. The molecule has 6 nitrogen and oxygen atoms in total. The highest BCUT2D eigenvalue weighted by Crippen LogP contribution is 2.34. The van der Waals surface area contributed by atoms with Crippen LogP contribution >= 0.6 is 11.3 Å². The molecule has 4 heterocycles. The van der Waals surface area contributed by atoms with E-state index in [1.165, 1.54) is 4.88 Å². The predicted molar refractivity (Wildman–Crippen MR) is 93.0 cm³/mol. The van der Waals surface area contributed by atoms with Crippen LogP contribution < -0.4 is 0 Å². The fourth-order valence-corrected chi connectivity index (χ4v) is 4.06. The first-order chi connectivity index (χ1) is 11.6. The monoisotopic (exact) mass is 343 g/mol. The van der Waals surface area contributed by atoms with E-state index in [9.17, 15) is 0 Å². The van der Waals surface area contributed by atoms with E-state index in [4.69, 9.17) is 4.74 Å². The molecule has 0 bridgehead atoms. The zero-order chi connectivity index (χ0) is 16.6. The van der Waals surface area contributed by atoms with Crippen LogP contribution in [-0.2, 0) is 11.3 Å². The third-order valence-electron chi connectivity index (χ3n) is 4.49. The van der Waals surface area contributed by atoms with Crippen molar-refractivity contribution in [3.8, 4) is 10.6 Å². The summed E-state index contributed by atoms with van der Waals surface area (Å²) in [6.45, 7) is 5.74. The molecule has 1 N–H and O–H groups in total. The van der Waals surface area contributed by atoms with Crippen molar-refractivity contribution in [1.82, 2.24) is 25.2 Å². The van der Waals surface area contributed by atoms with Crippen LogP contribution in [0, 0.1) is 0 Å². The number of H-pyrrole nitrogens is 1. The maximum atomic E-state index is 5.80. The van der Waals surface area contributed by atoms with Crippen LogP contribution in [-0.4, -0.2) is 37.4 Å². The van der Waals surface area contributed by atoms with Gasteiger partial charge < -0.3 is 4.74 Å². The lowest BCUT2D eigenvalue weighted by atomic mass is 9.86. The third-order valence-corrected chi connectivity index (χ3v) is 5.38. The second-order valence-electron chi connectivity index (χ2n) is 6.89. The Morgan fingerprint density at radius 3 is 3.17 bits per heavy atom. The number of rotatable bonds is 4. The Hall–Kier alpha value is -1.99. The highest BCUT2D eigenvalue weighted by Gasteiger charge is 2.31. The fraction of sp³-hybridized carbons (Fsp3) is 0.471. The van der Waals surface area contributed by atoms with Crippen molar-refractivity contribution >= 4 is 11.3 Å². The summed E-state index contributed by atoms with van der Waals surface area (Å²) in [7, 11) is 0. The molecule has 4 rings (SSSR count). The van der Waals surface area contributed by atoms with Gasteiger partial charge in [-0.1, -0.05) is 11.3 Å². The van der Waals surface area contributed by atoms with E-state index in [-0.39, 0.29) is 5.60 Å². The fourth-order valence-electron chi connectivity index (χ4n) is 3.30. The molecule has 24 heavy (non-hydrogen) atoms. The van der Waals surface area contributed by atoms with Crippen LogP contribution in [0.3, 0.4) is 0 Å². The molecule has 0 spiro atoms. The van der Waals surface area contributed by atoms with E-state index in [1.807, 2.05) is 16.9 Å². The smallest absolute Gasteiger partial charge is 0.0860 e. The van der Waals surface area contributed by atoms with Gasteiger partial charge in [-0.25, -0.2) is 4.68 Å². The Labute approximate surface area is 144 Å². The summed E-state index contributed by atoms with van der Waals surface area (Å²) in [4.78, 5) is 1.19. The van der Waals surface area contributed by atoms with E-state index in [1.54, 1.807) is 11.3 Å². The van der Waals surface area contributed by atoms with E-state index in [2.05, 4.69) is 52.0 Å². The summed E-state index contributed by atoms with van der Waals surface area (Å²) >= 11 is 1.70. The number of aromatic nitrogens is 5. The van der Waals surface area contributed by atoms with Crippen molar-refractivity contribution < 1.29 is 4.74 Å². The van der Waals surface area contributed by atoms with E-state index >= 15 is 0 Å². The zero-order valence-electron chi connectivity index (χ0n) is 13.9. The molecule has 3 aromatic rings. The van der Waals surface area contributed by atoms with E-state index in [0.717, 1.165) is 36.4 Å². The van der Waals surface area contributed by atoms with E-state index in [0.29, 0.717) is 12.5 Å². The molecule has 1 saturated heterocycles. The Morgan fingerprint density at radius 1 is 1.46 bits per heavy atom. The minimum Gasteiger partial charge on any atom is -0.376 e. The maximum absolute atomic E-state index is 5.80. The summed E-state index contributed by atoms with van der Waals surface area (Å²) < 4.78 is 7.70. The number of nitrogens with one attached hydrogen (secondary N) is 1. The topological polar surface area (TPSA) is 68.6 Å². The summed E-state index contributed by atoms with van der Waals surface area (Å²) in [6.07, 6.45) is 5.93. The van der Waals surface area contributed by atoms with Crippen LogP contribution in [0.5, 0.6) is 0 Å². The standard InChI is InChI=1S/C17H21N5OS/c1-17(2)8-12(5-6-23-17)14-11-22(21-19-14)10-13-9-18-20-16(13)15-4-3-7-24-15/h3-4,7,9,11-12H,5-6,8,10H2,1-2H3,(H,18,20)/t12-/m1/s1. The second-order valence-corrected chi connectivity index (χ2v) is 7.83. The van der Waals surface area contributed by atoms with Gasteiger partial charge >= 0.3 is 0 Å². The number of aromatic amines is 1. The molecule has 1 aliphatic rings. The Kier molecular flexibility index (Phi) is 3.97. The summed E-state index contributed by atoms with van der Waals surface area (Å²) in [5, 5.41) is 18.1. The van der Waals surface area contributed by atoms with Gasteiger partial charge in [0.15, 0.2) is 0 Å². The van der Waals surface area contributed by atoms with Crippen molar-refractivity contribution in [3.05, 3.63) is 41.2 Å². The lowest BCUT2D eigenvalue weighted by molar-refractivity contribution is -0.0597. The molecule has 1 aliphatic heterocycles. The minimum absolute atomic E-state index is 0.0798. The van der Waals surface area contributed by atoms with Gasteiger partial charge in [0.25, 0.3) is 0 Å². The predicted octanol–water partition coefficient (Wildman–Crippen LogP) is 3.45. The number of ether oxygens (including phenoxy) is 1. The molecule has 0 aromatic carbocycles. The largest absolute Gasteiger partial charge is 0.376 e. The quantitative estimate of drug-likeness (QED) is 0.788. The molecule has 1 fully saturated rings. The molecule has 0 amide bonds. The average molecular weight is 343 g/mol. The van der Waals surface area contributed by atoms with Gasteiger partial charge in [0.1, 0.15) is 0 Å². The Bertz CT molecular complexity index is 805. The number of nitrogens with zero attached hydrogens (tertiary/aromatic N) is 4. The first-order valence-corrected chi connectivity index (χ1v) is 9.09. The average Bonchev–Trinajstić information content (AvgIpc) is 3.28. The van der Waals surface area contributed by atoms with Crippen molar-refractivity contribution in [2.75, 3.05) is 6.61 Å². The Morgan fingerprint density at radius 2 is 2.38 bits per heavy atom. The SMILES string of the molecule is CC1(C)C[C@H](c2cn(Cc3cn[nH]c3-c3cccs3)nn2)CCO1. The van der Waals surface area contributed by atoms with Gasteiger partial charge in [-0.05, 0) is 38.1 Å². The third kappa shape index (κ3) is 3.14. The van der Waals surface area contributed by atoms with E-state index < -0.39 is 0 Å². The molecular formula is C17H21N5OS. The van der Waals surface area contributed by atoms with Crippen molar-refractivity contribution in [3.63, 3.8) is 0 Å². The number of thiophene rings is 1. The Balaban J connectivity index is 1.51. The minimum atomic E-state index is -0.0798. The van der Waals surface area contributed by atoms with Gasteiger partial charge in [-0.3, -0.25) is 5.10 Å². The van der Waals surface area contributed by atoms with Crippen LogP contribution in [0.4, 0.5) is 0 Å². The van der Waals surface area contributed by atoms with Crippen molar-refractivity contribution in [1.29, 1.82) is 0 Å². The lowest BCUT2D eigenvalue weighted by Crippen LogP contribution is -2.33. The lowest BCUT2D eigenvalue weighted by Gasteiger charge is -2.34. The molecular weight excluding hydrogens is 322 g/mol. The van der Waals surface area contributed by atoms with Crippen LogP contribution in [0.15, 0.2) is 29.9 Å².